The van der Waals surface area contributed by atoms with E-state index in [9.17, 15) is 14.7 Å². The molecule has 0 saturated heterocycles. The van der Waals surface area contributed by atoms with Crippen molar-refractivity contribution in [2.45, 2.75) is 52.0 Å². The van der Waals surface area contributed by atoms with Crippen LogP contribution in [0.15, 0.2) is 24.3 Å². The van der Waals surface area contributed by atoms with Crippen molar-refractivity contribution in [3.63, 3.8) is 0 Å². The fraction of sp³-hybridized carbons (Fsp3) is 0.476. The van der Waals surface area contributed by atoms with Crippen LogP contribution in [-0.4, -0.2) is 44.3 Å². The number of fused-ring (bicyclic) bond motifs is 1. The van der Waals surface area contributed by atoms with Gasteiger partial charge in [0, 0.05) is 23.8 Å². The molecule has 1 aromatic heterocycles. The second kappa shape index (κ2) is 6.83. The normalized spacial score (nSPS) is 16.8. The summed E-state index contributed by atoms with van der Waals surface area (Å²) in [4.78, 5) is 26.3. The van der Waals surface area contributed by atoms with Crippen molar-refractivity contribution in [2.24, 2.45) is 5.92 Å². The van der Waals surface area contributed by atoms with E-state index in [1.807, 2.05) is 35.9 Å². The highest BCUT2D eigenvalue weighted by molar-refractivity contribution is 5.95. The van der Waals surface area contributed by atoms with Gasteiger partial charge in [0.05, 0.1) is 11.6 Å². The van der Waals surface area contributed by atoms with E-state index >= 15 is 0 Å². The number of carboxylic acid groups (broad SMARTS) is 1. The molecule has 1 aromatic carbocycles. The van der Waals surface area contributed by atoms with Gasteiger partial charge in [-0.25, -0.2) is 4.68 Å². The van der Waals surface area contributed by atoms with Crippen LogP contribution >= 0.6 is 0 Å². The van der Waals surface area contributed by atoms with Gasteiger partial charge in [-0.15, -0.1) is 0 Å². The van der Waals surface area contributed by atoms with Gasteiger partial charge >= 0.3 is 5.97 Å². The average molecular weight is 367 g/mol. The van der Waals surface area contributed by atoms with Crippen LogP contribution in [0, 0.1) is 12.8 Å². The number of amides is 1. The molecule has 0 bridgehead atoms. The van der Waals surface area contributed by atoms with Gasteiger partial charge in [0.1, 0.15) is 0 Å². The van der Waals surface area contributed by atoms with Gasteiger partial charge in [-0.3, -0.25) is 9.59 Å². The standard InChI is InChI=1S/C21H25N3O3/c1-13-6-8-16(9-7-13)24-18-5-3-4-17(18)19(22-24)20(25)23(15-10-11-15)12-14(2)21(26)27/h6-9,14-15H,3-5,10-12H2,1-2H3,(H,26,27). The Bertz CT molecular complexity index is 881. The molecule has 0 aliphatic heterocycles. The molecule has 2 aromatic rings. The van der Waals surface area contributed by atoms with Crippen LogP contribution in [0.4, 0.5) is 0 Å². The number of carbonyl (C=O) groups is 2. The molecule has 1 amide bonds. The summed E-state index contributed by atoms with van der Waals surface area (Å²) in [5, 5.41) is 14.0. The van der Waals surface area contributed by atoms with Crippen LogP contribution < -0.4 is 0 Å². The maximum Gasteiger partial charge on any atom is 0.308 e. The Balaban J connectivity index is 1.68. The quantitative estimate of drug-likeness (QED) is 0.852. The van der Waals surface area contributed by atoms with E-state index in [1.54, 1.807) is 11.8 Å². The highest BCUT2D eigenvalue weighted by Gasteiger charge is 2.38. The van der Waals surface area contributed by atoms with E-state index in [1.165, 1.54) is 5.56 Å². The second-order valence-corrected chi connectivity index (χ2v) is 7.80. The summed E-state index contributed by atoms with van der Waals surface area (Å²) in [5.74, 6) is -1.57. The van der Waals surface area contributed by atoms with Gasteiger partial charge in [0.25, 0.3) is 5.91 Å². The monoisotopic (exact) mass is 367 g/mol. The van der Waals surface area contributed by atoms with Crippen molar-refractivity contribution in [1.82, 2.24) is 14.7 Å². The zero-order chi connectivity index (χ0) is 19.1. The summed E-state index contributed by atoms with van der Waals surface area (Å²) in [6, 6.07) is 8.30. The summed E-state index contributed by atoms with van der Waals surface area (Å²) in [6.45, 7) is 3.94. The van der Waals surface area contributed by atoms with Crippen LogP contribution in [0.2, 0.25) is 0 Å². The maximum absolute atomic E-state index is 13.3. The van der Waals surface area contributed by atoms with E-state index in [2.05, 4.69) is 0 Å². The summed E-state index contributed by atoms with van der Waals surface area (Å²) >= 11 is 0. The molecule has 1 fully saturated rings. The molecule has 1 atom stereocenters. The number of hydrogen-bond donors (Lipinski definition) is 1. The number of aromatic nitrogens is 2. The molecule has 0 spiro atoms. The summed E-state index contributed by atoms with van der Waals surface area (Å²) in [6.07, 6.45) is 4.68. The Kier molecular flexibility index (Phi) is 4.50. The van der Waals surface area contributed by atoms with Crippen LogP contribution in [-0.2, 0) is 17.6 Å². The molecule has 1 N–H and O–H groups in total. The largest absolute Gasteiger partial charge is 0.481 e. The van der Waals surface area contributed by atoms with Crippen molar-refractivity contribution >= 4 is 11.9 Å². The van der Waals surface area contributed by atoms with Crippen LogP contribution in [0.1, 0.15) is 53.5 Å². The van der Waals surface area contributed by atoms with E-state index in [-0.39, 0.29) is 18.5 Å². The highest BCUT2D eigenvalue weighted by Crippen LogP contribution is 2.33. The van der Waals surface area contributed by atoms with Crippen LogP contribution in [0.25, 0.3) is 5.69 Å². The number of carbonyl (C=O) groups excluding carboxylic acids is 1. The lowest BCUT2D eigenvalue weighted by Gasteiger charge is -2.23. The summed E-state index contributed by atoms with van der Waals surface area (Å²) in [7, 11) is 0. The average Bonchev–Trinajstić information content (AvgIpc) is 3.25. The number of carboxylic acids is 1. The van der Waals surface area contributed by atoms with Crippen molar-refractivity contribution in [1.29, 1.82) is 0 Å². The fourth-order valence-corrected chi connectivity index (χ4v) is 3.80. The number of hydrogen-bond acceptors (Lipinski definition) is 3. The van der Waals surface area contributed by atoms with E-state index < -0.39 is 11.9 Å². The zero-order valence-corrected chi connectivity index (χ0v) is 15.8. The molecule has 2 aliphatic carbocycles. The number of rotatable bonds is 6. The zero-order valence-electron chi connectivity index (χ0n) is 15.8. The van der Waals surface area contributed by atoms with Crippen molar-refractivity contribution < 1.29 is 14.7 Å². The topological polar surface area (TPSA) is 75.4 Å². The maximum atomic E-state index is 13.3. The molecule has 4 rings (SSSR count). The van der Waals surface area contributed by atoms with Crippen molar-refractivity contribution in [3.05, 3.63) is 46.8 Å². The lowest BCUT2D eigenvalue weighted by molar-refractivity contribution is -0.141. The number of aliphatic carboxylic acids is 1. The molecule has 1 unspecified atom stereocenters. The highest BCUT2D eigenvalue weighted by atomic mass is 16.4. The molecule has 142 valence electrons. The van der Waals surface area contributed by atoms with Crippen molar-refractivity contribution in [3.8, 4) is 5.69 Å². The predicted molar refractivity (Wildman–Crippen MR) is 101 cm³/mol. The minimum Gasteiger partial charge on any atom is -0.481 e. The molecule has 6 heteroatoms. The first-order valence-electron chi connectivity index (χ1n) is 9.67. The summed E-state index contributed by atoms with van der Waals surface area (Å²) in [5.41, 5.74) is 4.81. The first-order chi connectivity index (χ1) is 13.0. The third-order valence-corrected chi connectivity index (χ3v) is 5.55. The Morgan fingerprint density at radius 3 is 2.59 bits per heavy atom. The minimum absolute atomic E-state index is 0.116. The molecular formula is C21H25N3O3. The Labute approximate surface area is 158 Å². The Morgan fingerprint density at radius 2 is 1.96 bits per heavy atom. The Hall–Kier alpha value is -2.63. The summed E-state index contributed by atoms with van der Waals surface area (Å²) < 4.78 is 1.90. The molecule has 6 nitrogen and oxygen atoms in total. The number of nitrogens with zero attached hydrogens (tertiary/aromatic N) is 3. The first-order valence-corrected chi connectivity index (χ1v) is 9.67. The lowest BCUT2D eigenvalue weighted by Crippen LogP contribution is -2.39. The number of benzene rings is 1. The molecule has 2 aliphatic rings. The lowest BCUT2D eigenvalue weighted by atomic mass is 10.1. The molecule has 27 heavy (non-hydrogen) atoms. The molecule has 0 radical (unpaired) electrons. The smallest absolute Gasteiger partial charge is 0.308 e. The SMILES string of the molecule is Cc1ccc(-n2nc(C(=O)N(CC(C)C(=O)O)C3CC3)c3c2CCC3)cc1. The molecular weight excluding hydrogens is 342 g/mol. The minimum atomic E-state index is -0.871. The Morgan fingerprint density at radius 1 is 1.26 bits per heavy atom. The van der Waals surface area contributed by atoms with Gasteiger partial charge in [0.2, 0.25) is 0 Å². The predicted octanol–water partition coefficient (Wildman–Crippen LogP) is 2.99. The fourth-order valence-electron chi connectivity index (χ4n) is 3.80. The first kappa shape index (κ1) is 17.8. The number of aryl methyl sites for hydroxylation is 1. The van der Waals surface area contributed by atoms with E-state index in [4.69, 9.17) is 5.10 Å². The van der Waals surface area contributed by atoms with Gasteiger partial charge in [-0.2, -0.15) is 5.10 Å². The van der Waals surface area contributed by atoms with Gasteiger partial charge in [0.15, 0.2) is 5.69 Å². The second-order valence-electron chi connectivity index (χ2n) is 7.80. The third-order valence-electron chi connectivity index (χ3n) is 5.55. The van der Waals surface area contributed by atoms with Gasteiger partial charge in [-0.1, -0.05) is 24.6 Å². The molecule has 1 saturated carbocycles. The van der Waals surface area contributed by atoms with E-state index in [0.29, 0.717) is 5.69 Å². The van der Waals surface area contributed by atoms with E-state index in [0.717, 1.165) is 49.0 Å². The third kappa shape index (κ3) is 3.36. The van der Waals surface area contributed by atoms with Crippen LogP contribution in [0.3, 0.4) is 0 Å². The van der Waals surface area contributed by atoms with Gasteiger partial charge in [-0.05, 0) is 51.2 Å². The molecule has 1 heterocycles. The van der Waals surface area contributed by atoms with Gasteiger partial charge < -0.3 is 10.0 Å². The van der Waals surface area contributed by atoms with Crippen molar-refractivity contribution in [2.75, 3.05) is 6.54 Å². The van der Waals surface area contributed by atoms with Crippen LogP contribution in [0.5, 0.6) is 0 Å².